The normalized spacial score (nSPS) is 10.0. The second-order valence-electron chi connectivity index (χ2n) is 3.36. The third-order valence-electron chi connectivity index (χ3n) is 2.15. The lowest BCUT2D eigenvalue weighted by Gasteiger charge is -2.08. The van der Waals surface area contributed by atoms with Crippen LogP contribution in [0, 0.1) is 6.92 Å². The lowest BCUT2D eigenvalue weighted by Crippen LogP contribution is -2.14. The highest BCUT2D eigenvalue weighted by Crippen LogP contribution is 2.18. The van der Waals surface area contributed by atoms with Gasteiger partial charge in [0.1, 0.15) is 5.00 Å². The smallest absolute Gasteiger partial charge is 0.260 e. The van der Waals surface area contributed by atoms with Gasteiger partial charge in [0, 0.05) is 30.5 Å². The van der Waals surface area contributed by atoms with E-state index in [0.29, 0.717) is 10.6 Å². The molecule has 2 aromatic rings. The third kappa shape index (κ3) is 2.56. The average Bonchev–Trinajstić information content (AvgIpc) is 2.81. The molecular weight excluding hydrogens is 238 g/mol. The summed E-state index contributed by atoms with van der Waals surface area (Å²) in [4.78, 5) is 16.1. The number of carbonyl (C=O) groups excluding carboxylic acids is 1. The number of carbonyl (C=O) groups is 1. The van der Waals surface area contributed by atoms with Crippen molar-refractivity contribution < 1.29 is 4.79 Å². The van der Waals surface area contributed by atoms with Crippen molar-refractivity contribution in [2.75, 3.05) is 17.7 Å². The minimum Gasteiger partial charge on any atom is -0.387 e. The second kappa shape index (κ2) is 4.88. The van der Waals surface area contributed by atoms with Gasteiger partial charge in [-0.1, -0.05) is 4.49 Å². The van der Waals surface area contributed by atoms with Gasteiger partial charge in [0.05, 0.1) is 17.4 Å². The molecule has 2 heterocycles. The number of aromatic nitrogens is 3. The number of rotatable bonds is 3. The summed E-state index contributed by atoms with van der Waals surface area (Å²) in [5, 5.41) is 9.93. The van der Waals surface area contributed by atoms with E-state index >= 15 is 0 Å². The van der Waals surface area contributed by atoms with Crippen LogP contribution in [0.4, 0.5) is 10.7 Å². The summed E-state index contributed by atoms with van der Waals surface area (Å²) < 4.78 is 3.67. The van der Waals surface area contributed by atoms with E-state index in [1.165, 1.54) is 6.20 Å². The van der Waals surface area contributed by atoms with Crippen LogP contribution < -0.4 is 10.6 Å². The molecule has 6 nitrogen and oxygen atoms in total. The van der Waals surface area contributed by atoms with Crippen LogP contribution in [0.3, 0.4) is 0 Å². The molecule has 0 spiro atoms. The molecule has 0 saturated carbocycles. The Morgan fingerprint density at radius 3 is 2.88 bits per heavy atom. The number of nitrogens with zero attached hydrogens (tertiary/aromatic N) is 3. The molecule has 2 aromatic heterocycles. The fraction of sp³-hybridized carbons (Fsp3) is 0.200. The molecule has 0 bridgehead atoms. The van der Waals surface area contributed by atoms with Crippen molar-refractivity contribution in [3.63, 3.8) is 0 Å². The minimum absolute atomic E-state index is 0.229. The first-order chi connectivity index (χ1) is 8.20. The Bertz CT molecular complexity index is 525. The number of hydrogen-bond acceptors (Lipinski definition) is 6. The van der Waals surface area contributed by atoms with E-state index in [0.717, 1.165) is 22.9 Å². The van der Waals surface area contributed by atoms with Gasteiger partial charge in [0.25, 0.3) is 5.91 Å². The molecular formula is C10H11N5OS. The highest BCUT2D eigenvalue weighted by Gasteiger charge is 2.12. The maximum absolute atomic E-state index is 12.0. The van der Waals surface area contributed by atoms with Crippen LogP contribution in [0.25, 0.3) is 0 Å². The van der Waals surface area contributed by atoms with Crippen molar-refractivity contribution in [3.8, 4) is 0 Å². The van der Waals surface area contributed by atoms with E-state index < -0.39 is 0 Å². The minimum atomic E-state index is -0.229. The molecule has 0 unspecified atom stereocenters. The maximum Gasteiger partial charge on any atom is 0.260 e. The summed E-state index contributed by atoms with van der Waals surface area (Å²) in [6.45, 7) is 1.87. The van der Waals surface area contributed by atoms with Crippen LogP contribution in [-0.2, 0) is 0 Å². The number of aryl methyl sites for hydroxylation is 1. The maximum atomic E-state index is 12.0. The zero-order valence-electron chi connectivity index (χ0n) is 9.39. The summed E-state index contributed by atoms with van der Waals surface area (Å²) in [6.07, 6.45) is 3.05. The van der Waals surface area contributed by atoms with E-state index in [2.05, 4.69) is 25.2 Å². The van der Waals surface area contributed by atoms with Crippen molar-refractivity contribution in [2.45, 2.75) is 6.92 Å². The van der Waals surface area contributed by atoms with Crippen molar-refractivity contribution in [1.82, 2.24) is 14.6 Å². The lowest BCUT2D eigenvalue weighted by atomic mass is 10.2. The predicted molar refractivity (Wildman–Crippen MR) is 66.4 cm³/mol. The Morgan fingerprint density at radius 1 is 1.41 bits per heavy atom. The summed E-state index contributed by atoms with van der Waals surface area (Å²) in [6, 6.07) is 1.82. The molecule has 0 fully saturated rings. The first-order valence-electron chi connectivity index (χ1n) is 4.94. The topological polar surface area (TPSA) is 79.8 Å². The van der Waals surface area contributed by atoms with Gasteiger partial charge < -0.3 is 10.6 Å². The Morgan fingerprint density at radius 2 is 2.24 bits per heavy atom. The van der Waals surface area contributed by atoms with Gasteiger partial charge in [-0.25, -0.2) is 0 Å². The number of anilines is 2. The van der Waals surface area contributed by atoms with Gasteiger partial charge in [-0.2, -0.15) is 0 Å². The standard InChI is InChI=1S/C10H11N5OS/c1-6-3-8(11-2)7(4-12-6)10(16)14-9-5-13-15-17-9/h3-5H,1-2H3,(H,11,12)(H,14,16). The largest absolute Gasteiger partial charge is 0.387 e. The van der Waals surface area contributed by atoms with E-state index in [1.807, 2.05) is 13.0 Å². The summed E-state index contributed by atoms with van der Waals surface area (Å²) >= 11 is 1.13. The van der Waals surface area contributed by atoms with Crippen LogP contribution in [0.1, 0.15) is 16.1 Å². The van der Waals surface area contributed by atoms with Gasteiger partial charge in [0.15, 0.2) is 0 Å². The van der Waals surface area contributed by atoms with Crippen LogP contribution in [-0.4, -0.2) is 27.5 Å². The van der Waals surface area contributed by atoms with Gasteiger partial charge in [0.2, 0.25) is 0 Å². The summed E-state index contributed by atoms with van der Waals surface area (Å²) in [5.74, 6) is -0.229. The Hall–Kier alpha value is -2.02. The van der Waals surface area contributed by atoms with Gasteiger partial charge in [-0.3, -0.25) is 9.78 Å². The van der Waals surface area contributed by atoms with E-state index in [9.17, 15) is 4.79 Å². The zero-order valence-corrected chi connectivity index (χ0v) is 10.2. The second-order valence-corrected chi connectivity index (χ2v) is 4.14. The molecule has 0 aliphatic heterocycles. The molecule has 17 heavy (non-hydrogen) atoms. The molecule has 1 amide bonds. The quantitative estimate of drug-likeness (QED) is 0.862. The fourth-order valence-corrected chi connectivity index (χ4v) is 1.76. The molecule has 88 valence electrons. The highest BCUT2D eigenvalue weighted by molar-refractivity contribution is 7.10. The van der Waals surface area contributed by atoms with Crippen LogP contribution in [0.5, 0.6) is 0 Å². The van der Waals surface area contributed by atoms with Crippen molar-refractivity contribution in [1.29, 1.82) is 0 Å². The molecule has 7 heteroatoms. The molecule has 0 saturated heterocycles. The van der Waals surface area contributed by atoms with Gasteiger partial charge >= 0.3 is 0 Å². The van der Waals surface area contributed by atoms with E-state index in [4.69, 9.17) is 0 Å². The van der Waals surface area contributed by atoms with Gasteiger partial charge in [-0.05, 0) is 13.0 Å². The highest BCUT2D eigenvalue weighted by atomic mass is 32.1. The van der Waals surface area contributed by atoms with Crippen molar-refractivity contribution in [2.24, 2.45) is 0 Å². The molecule has 0 aromatic carbocycles. The molecule has 0 atom stereocenters. The SMILES string of the molecule is CNc1cc(C)ncc1C(=O)Nc1cnns1. The monoisotopic (exact) mass is 249 g/mol. The van der Waals surface area contributed by atoms with Crippen LogP contribution in [0.15, 0.2) is 18.5 Å². The lowest BCUT2D eigenvalue weighted by molar-refractivity contribution is 0.102. The van der Waals surface area contributed by atoms with E-state index in [1.54, 1.807) is 13.2 Å². The fourth-order valence-electron chi connectivity index (χ4n) is 1.35. The van der Waals surface area contributed by atoms with Gasteiger partial charge in [-0.15, -0.1) is 5.10 Å². The number of hydrogen-bond donors (Lipinski definition) is 2. The molecule has 2 N–H and O–H groups in total. The molecule has 0 radical (unpaired) electrons. The average molecular weight is 249 g/mol. The first-order valence-corrected chi connectivity index (χ1v) is 5.71. The number of nitrogens with one attached hydrogen (secondary N) is 2. The van der Waals surface area contributed by atoms with Crippen LogP contribution >= 0.6 is 11.5 Å². The summed E-state index contributed by atoms with van der Waals surface area (Å²) in [5.41, 5.74) is 2.09. The van der Waals surface area contributed by atoms with E-state index in [-0.39, 0.29) is 5.91 Å². The Kier molecular flexibility index (Phi) is 3.29. The Balaban J connectivity index is 2.24. The molecule has 0 aliphatic carbocycles. The zero-order chi connectivity index (χ0) is 12.3. The third-order valence-corrected chi connectivity index (χ3v) is 2.73. The molecule has 2 rings (SSSR count). The Labute approximate surface area is 102 Å². The van der Waals surface area contributed by atoms with Crippen molar-refractivity contribution in [3.05, 3.63) is 29.7 Å². The predicted octanol–water partition coefficient (Wildman–Crippen LogP) is 1.54. The number of pyridine rings is 1. The number of amides is 1. The first kappa shape index (κ1) is 11.5. The van der Waals surface area contributed by atoms with Crippen LogP contribution in [0.2, 0.25) is 0 Å². The van der Waals surface area contributed by atoms with Crippen molar-refractivity contribution >= 4 is 28.1 Å². The molecule has 0 aliphatic rings. The summed E-state index contributed by atoms with van der Waals surface area (Å²) in [7, 11) is 1.76.